The lowest BCUT2D eigenvalue weighted by Crippen LogP contribution is -2.37. The van der Waals surface area contributed by atoms with Gasteiger partial charge >= 0.3 is 0 Å². The maximum atomic E-state index is 8.73. The molecule has 0 atom stereocenters. The zero-order valence-corrected chi connectivity index (χ0v) is 11.5. The van der Waals surface area contributed by atoms with Crippen LogP contribution < -0.4 is 0 Å². The van der Waals surface area contributed by atoms with Gasteiger partial charge in [-0.15, -0.1) is 0 Å². The summed E-state index contributed by atoms with van der Waals surface area (Å²) in [7, 11) is 0. The van der Waals surface area contributed by atoms with Gasteiger partial charge in [0.05, 0.1) is 25.9 Å². The van der Waals surface area contributed by atoms with Gasteiger partial charge in [0.1, 0.15) is 0 Å². The van der Waals surface area contributed by atoms with Crippen molar-refractivity contribution in [2.45, 2.75) is 45.3 Å². The molecule has 0 aliphatic carbocycles. The van der Waals surface area contributed by atoms with E-state index in [1.807, 2.05) is 0 Å². The molecule has 0 bridgehead atoms. The van der Waals surface area contributed by atoms with Gasteiger partial charge in [0.15, 0.2) is 5.82 Å². The van der Waals surface area contributed by atoms with E-state index in [9.17, 15) is 0 Å². The molecule has 1 aliphatic rings. The van der Waals surface area contributed by atoms with Crippen molar-refractivity contribution in [2.75, 3.05) is 26.3 Å². The average molecular weight is 269 g/mol. The molecular formula is C13H23N3O3. The third-order valence-corrected chi connectivity index (χ3v) is 3.32. The number of aromatic nitrogens is 2. The fourth-order valence-electron chi connectivity index (χ4n) is 2.32. The lowest BCUT2D eigenvalue weighted by molar-refractivity contribution is -0.00946. The van der Waals surface area contributed by atoms with E-state index < -0.39 is 0 Å². The Balaban J connectivity index is 1.72. The van der Waals surface area contributed by atoms with E-state index in [4.69, 9.17) is 14.4 Å². The molecule has 19 heavy (non-hydrogen) atoms. The van der Waals surface area contributed by atoms with Gasteiger partial charge in [-0.1, -0.05) is 12.1 Å². The topological polar surface area (TPSA) is 71.6 Å². The van der Waals surface area contributed by atoms with Crippen molar-refractivity contribution >= 4 is 0 Å². The standard InChI is InChI=1S/C13H23N3O3/c1-2-3-13-14-12(15-19-13)10-16-6-4-11(5-7-16)18-9-8-17/h11,17H,2-10H2,1H3. The zero-order chi connectivity index (χ0) is 13.5. The van der Waals surface area contributed by atoms with Gasteiger partial charge in [0.2, 0.25) is 5.89 Å². The van der Waals surface area contributed by atoms with E-state index in [-0.39, 0.29) is 12.7 Å². The van der Waals surface area contributed by atoms with Crippen molar-refractivity contribution in [2.24, 2.45) is 0 Å². The monoisotopic (exact) mass is 269 g/mol. The molecule has 0 aromatic carbocycles. The fraction of sp³-hybridized carbons (Fsp3) is 0.846. The van der Waals surface area contributed by atoms with Gasteiger partial charge in [-0.3, -0.25) is 4.90 Å². The van der Waals surface area contributed by atoms with Gasteiger partial charge in [-0.25, -0.2) is 0 Å². The van der Waals surface area contributed by atoms with Crippen molar-refractivity contribution in [1.29, 1.82) is 0 Å². The molecule has 0 unspecified atom stereocenters. The zero-order valence-electron chi connectivity index (χ0n) is 11.5. The maximum Gasteiger partial charge on any atom is 0.226 e. The van der Waals surface area contributed by atoms with Gasteiger partial charge in [0, 0.05) is 19.5 Å². The molecule has 1 N–H and O–H groups in total. The molecule has 2 heterocycles. The first-order chi connectivity index (χ1) is 9.31. The molecule has 1 aromatic heterocycles. The van der Waals surface area contributed by atoms with Crippen LogP contribution in [0.4, 0.5) is 0 Å². The molecular weight excluding hydrogens is 246 g/mol. The molecule has 1 fully saturated rings. The van der Waals surface area contributed by atoms with Crippen molar-refractivity contribution in [3.05, 3.63) is 11.7 Å². The second-order valence-electron chi connectivity index (χ2n) is 4.92. The number of aliphatic hydroxyl groups is 1. The third-order valence-electron chi connectivity index (χ3n) is 3.32. The van der Waals surface area contributed by atoms with Crippen LogP contribution in [-0.2, 0) is 17.7 Å². The Kier molecular flexibility index (Phi) is 5.75. The summed E-state index contributed by atoms with van der Waals surface area (Å²) in [4.78, 5) is 6.70. The van der Waals surface area contributed by atoms with Crippen molar-refractivity contribution in [3.8, 4) is 0 Å². The van der Waals surface area contributed by atoms with E-state index in [1.165, 1.54) is 0 Å². The van der Waals surface area contributed by atoms with Crippen molar-refractivity contribution in [3.63, 3.8) is 0 Å². The first-order valence-corrected chi connectivity index (χ1v) is 7.08. The highest BCUT2D eigenvalue weighted by molar-refractivity contribution is 4.87. The summed E-state index contributed by atoms with van der Waals surface area (Å²) in [6.07, 6.45) is 4.16. The Labute approximate surface area is 113 Å². The van der Waals surface area contributed by atoms with E-state index in [1.54, 1.807) is 0 Å². The van der Waals surface area contributed by atoms with Crippen LogP contribution in [0.5, 0.6) is 0 Å². The Bertz CT molecular complexity index is 362. The summed E-state index contributed by atoms with van der Waals surface area (Å²) >= 11 is 0. The van der Waals surface area contributed by atoms with Crippen LogP contribution in [0.25, 0.3) is 0 Å². The summed E-state index contributed by atoms with van der Waals surface area (Å²) in [6.45, 7) is 5.35. The number of piperidine rings is 1. The summed E-state index contributed by atoms with van der Waals surface area (Å²) in [5, 5.41) is 12.7. The minimum atomic E-state index is 0.100. The number of hydrogen-bond donors (Lipinski definition) is 1. The molecule has 1 aliphatic heterocycles. The number of ether oxygens (including phenoxy) is 1. The van der Waals surface area contributed by atoms with Crippen LogP contribution in [0, 0.1) is 0 Å². The van der Waals surface area contributed by atoms with Gasteiger partial charge < -0.3 is 14.4 Å². The fourth-order valence-corrected chi connectivity index (χ4v) is 2.32. The van der Waals surface area contributed by atoms with E-state index in [0.29, 0.717) is 6.61 Å². The van der Waals surface area contributed by atoms with Gasteiger partial charge in [-0.05, 0) is 19.3 Å². The predicted molar refractivity (Wildman–Crippen MR) is 69.6 cm³/mol. The number of nitrogens with zero attached hydrogens (tertiary/aromatic N) is 3. The van der Waals surface area contributed by atoms with Gasteiger partial charge in [0.25, 0.3) is 0 Å². The molecule has 1 saturated heterocycles. The van der Waals surface area contributed by atoms with E-state index in [2.05, 4.69) is 22.0 Å². The minimum absolute atomic E-state index is 0.100. The Morgan fingerprint density at radius 3 is 2.89 bits per heavy atom. The SMILES string of the molecule is CCCc1nc(CN2CCC(OCCO)CC2)no1. The second-order valence-corrected chi connectivity index (χ2v) is 4.92. The van der Waals surface area contributed by atoms with E-state index in [0.717, 1.165) is 57.0 Å². The molecule has 0 amide bonds. The highest BCUT2D eigenvalue weighted by atomic mass is 16.5. The van der Waals surface area contributed by atoms with Crippen LogP contribution >= 0.6 is 0 Å². The summed E-state index contributed by atoms with van der Waals surface area (Å²) in [5.41, 5.74) is 0. The molecule has 1 aromatic rings. The molecule has 6 nitrogen and oxygen atoms in total. The normalized spacial score (nSPS) is 18.0. The summed E-state index contributed by atoms with van der Waals surface area (Å²) < 4.78 is 10.7. The van der Waals surface area contributed by atoms with Crippen LogP contribution in [0.1, 0.15) is 37.9 Å². The summed E-state index contributed by atoms with van der Waals surface area (Å²) in [5.74, 6) is 1.51. The molecule has 0 saturated carbocycles. The number of likely N-dealkylation sites (tertiary alicyclic amines) is 1. The van der Waals surface area contributed by atoms with Crippen molar-refractivity contribution in [1.82, 2.24) is 15.0 Å². The molecule has 0 spiro atoms. The molecule has 0 radical (unpaired) electrons. The Hall–Kier alpha value is -0.980. The lowest BCUT2D eigenvalue weighted by atomic mass is 10.1. The van der Waals surface area contributed by atoms with Crippen molar-refractivity contribution < 1.29 is 14.4 Å². The summed E-state index contributed by atoms with van der Waals surface area (Å²) in [6, 6.07) is 0. The highest BCUT2D eigenvalue weighted by Crippen LogP contribution is 2.15. The minimum Gasteiger partial charge on any atom is -0.394 e. The predicted octanol–water partition coefficient (Wildman–Crippen LogP) is 0.995. The smallest absolute Gasteiger partial charge is 0.226 e. The number of aliphatic hydroxyl groups excluding tert-OH is 1. The Morgan fingerprint density at radius 1 is 1.42 bits per heavy atom. The largest absolute Gasteiger partial charge is 0.394 e. The van der Waals surface area contributed by atoms with Crippen LogP contribution in [0.3, 0.4) is 0 Å². The Morgan fingerprint density at radius 2 is 2.21 bits per heavy atom. The number of aryl methyl sites for hydroxylation is 1. The molecule has 2 rings (SSSR count). The maximum absolute atomic E-state index is 8.73. The third kappa shape index (κ3) is 4.56. The van der Waals surface area contributed by atoms with Crippen LogP contribution in [0.2, 0.25) is 0 Å². The second kappa shape index (κ2) is 7.57. The first-order valence-electron chi connectivity index (χ1n) is 7.08. The van der Waals surface area contributed by atoms with Crippen LogP contribution in [-0.4, -0.2) is 52.6 Å². The van der Waals surface area contributed by atoms with Gasteiger partial charge in [-0.2, -0.15) is 4.98 Å². The van der Waals surface area contributed by atoms with E-state index >= 15 is 0 Å². The quantitative estimate of drug-likeness (QED) is 0.796. The molecule has 108 valence electrons. The highest BCUT2D eigenvalue weighted by Gasteiger charge is 2.20. The molecule has 6 heteroatoms. The first kappa shape index (κ1) is 14.4. The number of rotatable bonds is 7. The lowest BCUT2D eigenvalue weighted by Gasteiger charge is -2.30. The average Bonchev–Trinajstić information content (AvgIpc) is 2.86. The van der Waals surface area contributed by atoms with Crippen LogP contribution in [0.15, 0.2) is 4.52 Å². The number of hydrogen-bond acceptors (Lipinski definition) is 6.